The van der Waals surface area contributed by atoms with Crippen LogP contribution in [0.2, 0.25) is 0 Å². The lowest BCUT2D eigenvalue weighted by atomic mass is 10.1. The van der Waals surface area contributed by atoms with Gasteiger partial charge in [0, 0.05) is 5.56 Å². The molecule has 1 N–H and O–H groups in total. The molecule has 0 amide bonds. The normalized spacial score (nSPS) is 10.7. The molecule has 1 heterocycles. The van der Waals surface area contributed by atoms with Gasteiger partial charge in [0.25, 0.3) is 0 Å². The SMILES string of the molecule is CCOC(=O)c1[nH]nc(-c2ccc(F)cc2)c1OC(F)F. The highest BCUT2D eigenvalue weighted by atomic mass is 19.3. The number of halogens is 3. The Hall–Kier alpha value is -2.51. The zero-order chi connectivity index (χ0) is 15.4. The van der Waals surface area contributed by atoms with Crippen LogP contribution in [0.25, 0.3) is 11.3 Å². The second kappa shape index (κ2) is 6.29. The second-order valence-electron chi connectivity index (χ2n) is 3.88. The molecule has 0 radical (unpaired) electrons. The Morgan fingerprint density at radius 3 is 2.57 bits per heavy atom. The van der Waals surface area contributed by atoms with E-state index >= 15 is 0 Å². The van der Waals surface area contributed by atoms with Crippen LogP contribution in [-0.4, -0.2) is 29.4 Å². The lowest BCUT2D eigenvalue weighted by Gasteiger charge is -2.07. The first kappa shape index (κ1) is 14.9. The van der Waals surface area contributed by atoms with E-state index in [1.54, 1.807) is 6.92 Å². The highest BCUT2D eigenvalue weighted by Gasteiger charge is 2.25. The summed E-state index contributed by atoms with van der Waals surface area (Å²) in [5, 5.41) is 6.07. The van der Waals surface area contributed by atoms with Gasteiger partial charge >= 0.3 is 12.6 Å². The first-order valence-electron chi connectivity index (χ1n) is 5.99. The lowest BCUT2D eigenvalue weighted by Crippen LogP contribution is -2.10. The number of H-pyrrole nitrogens is 1. The predicted octanol–water partition coefficient (Wildman–Crippen LogP) is 2.99. The molecule has 0 aliphatic rings. The van der Waals surface area contributed by atoms with Gasteiger partial charge in [0.15, 0.2) is 11.4 Å². The minimum absolute atomic E-state index is 0.0293. The standard InChI is InChI=1S/C13H11F3N2O3/c1-2-20-12(19)10-11(21-13(15)16)9(17-18-10)7-3-5-8(14)6-4-7/h3-6,13H,2H2,1H3,(H,17,18). The quantitative estimate of drug-likeness (QED) is 0.862. The zero-order valence-electron chi connectivity index (χ0n) is 10.9. The maximum Gasteiger partial charge on any atom is 0.387 e. The van der Waals surface area contributed by atoms with Crippen LogP contribution >= 0.6 is 0 Å². The molecule has 0 aliphatic heterocycles. The van der Waals surface area contributed by atoms with Gasteiger partial charge in [-0.1, -0.05) is 0 Å². The van der Waals surface area contributed by atoms with Gasteiger partial charge in [-0.05, 0) is 31.2 Å². The molecule has 0 atom stereocenters. The van der Waals surface area contributed by atoms with Crippen LogP contribution in [0.4, 0.5) is 13.2 Å². The Morgan fingerprint density at radius 2 is 2.00 bits per heavy atom. The summed E-state index contributed by atoms with van der Waals surface area (Å²) >= 11 is 0. The van der Waals surface area contributed by atoms with Crippen LogP contribution in [-0.2, 0) is 4.74 Å². The number of hydrogen-bond acceptors (Lipinski definition) is 4. The lowest BCUT2D eigenvalue weighted by molar-refractivity contribution is -0.0500. The van der Waals surface area contributed by atoms with Gasteiger partial charge < -0.3 is 9.47 Å². The highest BCUT2D eigenvalue weighted by Crippen LogP contribution is 2.32. The summed E-state index contributed by atoms with van der Waals surface area (Å²) in [5.74, 6) is -1.79. The summed E-state index contributed by atoms with van der Waals surface area (Å²) in [6.45, 7) is -1.50. The number of esters is 1. The van der Waals surface area contributed by atoms with Crippen molar-refractivity contribution in [3.8, 4) is 17.0 Å². The maximum atomic E-state index is 12.9. The van der Waals surface area contributed by atoms with E-state index in [-0.39, 0.29) is 18.0 Å². The molecule has 1 aromatic heterocycles. The number of carbonyl (C=O) groups is 1. The molecule has 2 aromatic rings. The number of rotatable bonds is 5. The van der Waals surface area contributed by atoms with E-state index < -0.39 is 24.1 Å². The number of benzene rings is 1. The van der Waals surface area contributed by atoms with Crippen LogP contribution < -0.4 is 4.74 Å². The van der Waals surface area contributed by atoms with Crippen LogP contribution in [0.1, 0.15) is 17.4 Å². The predicted molar refractivity (Wildman–Crippen MR) is 66.6 cm³/mol. The van der Waals surface area contributed by atoms with Crippen LogP contribution in [0.15, 0.2) is 24.3 Å². The zero-order valence-corrected chi connectivity index (χ0v) is 10.9. The van der Waals surface area contributed by atoms with Gasteiger partial charge in [0.1, 0.15) is 11.5 Å². The molecule has 0 aliphatic carbocycles. The molecule has 0 spiro atoms. The molecule has 0 fully saturated rings. The molecular formula is C13H11F3N2O3. The summed E-state index contributed by atoms with van der Waals surface area (Å²) in [5.41, 5.74) is -0.0336. The van der Waals surface area contributed by atoms with Crippen molar-refractivity contribution in [2.24, 2.45) is 0 Å². The van der Waals surface area contributed by atoms with E-state index in [0.29, 0.717) is 5.56 Å². The number of carbonyl (C=O) groups excluding carboxylic acids is 1. The molecular weight excluding hydrogens is 289 g/mol. The summed E-state index contributed by atoms with van der Waals surface area (Å²) in [6.07, 6.45) is 0. The van der Waals surface area contributed by atoms with Gasteiger partial charge in [-0.2, -0.15) is 13.9 Å². The van der Waals surface area contributed by atoms with Crippen molar-refractivity contribution >= 4 is 5.97 Å². The summed E-state index contributed by atoms with van der Waals surface area (Å²) in [7, 11) is 0. The van der Waals surface area contributed by atoms with Gasteiger partial charge in [-0.15, -0.1) is 0 Å². The smallest absolute Gasteiger partial charge is 0.387 e. The average Bonchev–Trinajstić information content (AvgIpc) is 2.83. The Labute approximate surface area is 117 Å². The van der Waals surface area contributed by atoms with Gasteiger partial charge in [0.2, 0.25) is 0 Å². The van der Waals surface area contributed by atoms with Crippen molar-refractivity contribution in [1.82, 2.24) is 10.2 Å². The summed E-state index contributed by atoms with van der Waals surface area (Å²) in [4.78, 5) is 11.7. The minimum Gasteiger partial charge on any atom is -0.461 e. The number of nitrogens with zero attached hydrogens (tertiary/aromatic N) is 1. The third-order valence-corrected chi connectivity index (χ3v) is 2.53. The van der Waals surface area contributed by atoms with Gasteiger partial charge in [0.05, 0.1) is 6.61 Å². The minimum atomic E-state index is -3.14. The van der Waals surface area contributed by atoms with Crippen molar-refractivity contribution in [1.29, 1.82) is 0 Å². The molecule has 0 bridgehead atoms. The van der Waals surface area contributed by atoms with E-state index in [1.165, 1.54) is 12.1 Å². The maximum absolute atomic E-state index is 12.9. The molecule has 2 rings (SSSR count). The average molecular weight is 300 g/mol. The number of nitrogens with one attached hydrogen (secondary N) is 1. The largest absolute Gasteiger partial charge is 0.461 e. The van der Waals surface area contributed by atoms with E-state index in [0.717, 1.165) is 12.1 Å². The van der Waals surface area contributed by atoms with E-state index in [9.17, 15) is 18.0 Å². The number of ether oxygens (including phenoxy) is 2. The second-order valence-corrected chi connectivity index (χ2v) is 3.88. The number of alkyl halides is 2. The molecule has 0 saturated heterocycles. The monoisotopic (exact) mass is 300 g/mol. The summed E-state index contributed by atoms with van der Waals surface area (Å²) in [6, 6.07) is 4.94. The molecule has 112 valence electrons. The van der Waals surface area contributed by atoms with E-state index in [4.69, 9.17) is 4.74 Å². The Balaban J connectivity index is 2.45. The van der Waals surface area contributed by atoms with Gasteiger partial charge in [-0.3, -0.25) is 5.10 Å². The van der Waals surface area contributed by atoms with Crippen LogP contribution in [0.3, 0.4) is 0 Å². The number of hydrogen-bond donors (Lipinski definition) is 1. The van der Waals surface area contributed by atoms with E-state index in [2.05, 4.69) is 14.9 Å². The number of aromatic nitrogens is 2. The summed E-state index contributed by atoms with van der Waals surface area (Å²) < 4.78 is 47.0. The molecule has 0 unspecified atom stereocenters. The fourth-order valence-corrected chi connectivity index (χ4v) is 1.68. The Morgan fingerprint density at radius 1 is 1.33 bits per heavy atom. The molecule has 8 heteroatoms. The molecule has 21 heavy (non-hydrogen) atoms. The first-order chi connectivity index (χ1) is 10.0. The van der Waals surface area contributed by atoms with Crippen molar-refractivity contribution in [3.05, 3.63) is 35.8 Å². The first-order valence-corrected chi connectivity index (χ1v) is 5.99. The van der Waals surface area contributed by atoms with Crippen LogP contribution in [0, 0.1) is 5.82 Å². The fraction of sp³-hybridized carbons (Fsp3) is 0.231. The van der Waals surface area contributed by atoms with Crippen molar-refractivity contribution < 1.29 is 27.4 Å². The highest BCUT2D eigenvalue weighted by molar-refractivity contribution is 5.93. The third-order valence-electron chi connectivity index (χ3n) is 2.53. The van der Waals surface area contributed by atoms with Crippen molar-refractivity contribution in [3.63, 3.8) is 0 Å². The molecule has 5 nitrogen and oxygen atoms in total. The topological polar surface area (TPSA) is 64.2 Å². The van der Waals surface area contributed by atoms with E-state index in [1.807, 2.05) is 0 Å². The van der Waals surface area contributed by atoms with Crippen molar-refractivity contribution in [2.45, 2.75) is 13.5 Å². The number of aromatic amines is 1. The van der Waals surface area contributed by atoms with Crippen molar-refractivity contribution in [2.75, 3.05) is 6.61 Å². The third kappa shape index (κ3) is 3.33. The molecule has 1 aromatic carbocycles. The van der Waals surface area contributed by atoms with Crippen LogP contribution in [0.5, 0.6) is 5.75 Å². The molecule has 0 saturated carbocycles. The Kier molecular flexibility index (Phi) is 4.46. The van der Waals surface area contributed by atoms with Gasteiger partial charge in [-0.25, -0.2) is 9.18 Å². The fourth-order valence-electron chi connectivity index (χ4n) is 1.68. The Bertz CT molecular complexity index is 626.